The van der Waals surface area contributed by atoms with Crippen LogP contribution in [-0.4, -0.2) is 32.9 Å². The molecule has 0 saturated carbocycles. The molecule has 0 amide bonds. The monoisotopic (exact) mass is 274 g/mol. The van der Waals surface area contributed by atoms with E-state index >= 15 is 0 Å². The van der Waals surface area contributed by atoms with E-state index in [1.54, 1.807) is 0 Å². The van der Waals surface area contributed by atoms with Crippen molar-refractivity contribution >= 4 is 11.9 Å². The van der Waals surface area contributed by atoms with E-state index in [0.29, 0.717) is 12.8 Å². The van der Waals surface area contributed by atoms with Crippen LogP contribution in [0.3, 0.4) is 0 Å². The molecule has 0 aromatic carbocycles. The third-order valence-corrected chi connectivity index (χ3v) is 3.50. The number of hydrogen-bond acceptors (Lipinski definition) is 3. The van der Waals surface area contributed by atoms with Gasteiger partial charge in [0.15, 0.2) is 5.60 Å². The first kappa shape index (κ1) is 17.9. The highest BCUT2D eigenvalue weighted by Gasteiger charge is 2.47. The largest absolute Gasteiger partial charge is 0.481 e. The Labute approximate surface area is 114 Å². The Bertz CT molecular complexity index is 290. The van der Waals surface area contributed by atoms with Crippen LogP contribution < -0.4 is 0 Å². The van der Waals surface area contributed by atoms with Gasteiger partial charge in [-0.1, -0.05) is 46.0 Å². The SMILES string of the molecule is CCCCCC(C(=O)O)C(O)(CCCCC)C(=O)O. The molecular formula is C14H26O5. The Morgan fingerprint density at radius 2 is 1.53 bits per heavy atom. The van der Waals surface area contributed by atoms with E-state index in [2.05, 4.69) is 0 Å². The van der Waals surface area contributed by atoms with Crippen molar-refractivity contribution in [1.29, 1.82) is 0 Å². The van der Waals surface area contributed by atoms with Crippen LogP contribution in [0.5, 0.6) is 0 Å². The van der Waals surface area contributed by atoms with Gasteiger partial charge in [-0.15, -0.1) is 0 Å². The van der Waals surface area contributed by atoms with Crippen molar-refractivity contribution in [1.82, 2.24) is 0 Å². The zero-order valence-corrected chi connectivity index (χ0v) is 11.9. The number of aliphatic hydroxyl groups is 1. The number of unbranched alkanes of at least 4 members (excludes halogenated alkanes) is 4. The van der Waals surface area contributed by atoms with Crippen molar-refractivity contribution in [3.63, 3.8) is 0 Å². The smallest absolute Gasteiger partial charge is 0.336 e. The van der Waals surface area contributed by atoms with Crippen LogP contribution in [0.15, 0.2) is 0 Å². The maximum absolute atomic E-state index is 11.3. The summed E-state index contributed by atoms with van der Waals surface area (Å²) in [5.41, 5.74) is -2.14. The van der Waals surface area contributed by atoms with Gasteiger partial charge in [-0.05, 0) is 19.3 Å². The molecule has 0 heterocycles. The molecule has 5 nitrogen and oxygen atoms in total. The van der Waals surface area contributed by atoms with Gasteiger partial charge in [0.2, 0.25) is 0 Å². The van der Waals surface area contributed by atoms with Gasteiger partial charge in [0.25, 0.3) is 0 Å². The van der Waals surface area contributed by atoms with Crippen LogP contribution in [0.1, 0.15) is 65.2 Å². The lowest BCUT2D eigenvalue weighted by Crippen LogP contribution is -2.49. The first-order valence-corrected chi connectivity index (χ1v) is 7.08. The molecule has 0 radical (unpaired) electrons. The Balaban J connectivity index is 4.83. The van der Waals surface area contributed by atoms with Gasteiger partial charge in [-0.3, -0.25) is 4.79 Å². The topological polar surface area (TPSA) is 94.8 Å². The summed E-state index contributed by atoms with van der Waals surface area (Å²) in [6.07, 6.45) is 4.80. The Hall–Kier alpha value is -1.10. The molecule has 0 spiro atoms. The first-order chi connectivity index (χ1) is 8.90. The second-order valence-electron chi connectivity index (χ2n) is 5.07. The average molecular weight is 274 g/mol. The van der Waals surface area contributed by atoms with Gasteiger partial charge in [0.1, 0.15) is 0 Å². The summed E-state index contributed by atoms with van der Waals surface area (Å²) in [4.78, 5) is 22.5. The van der Waals surface area contributed by atoms with E-state index in [1.807, 2.05) is 13.8 Å². The number of hydrogen-bond donors (Lipinski definition) is 3. The zero-order chi connectivity index (χ0) is 14.9. The van der Waals surface area contributed by atoms with Crippen molar-refractivity contribution in [2.45, 2.75) is 70.8 Å². The molecule has 19 heavy (non-hydrogen) atoms. The van der Waals surface area contributed by atoms with Crippen molar-refractivity contribution in [2.24, 2.45) is 5.92 Å². The van der Waals surface area contributed by atoms with Crippen LogP contribution in [0.25, 0.3) is 0 Å². The normalized spacial score (nSPS) is 15.7. The number of carboxylic acids is 2. The summed E-state index contributed by atoms with van der Waals surface area (Å²) in [6, 6.07) is 0. The van der Waals surface area contributed by atoms with E-state index in [0.717, 1.165) is 25.7 Å². The van der Waals surface area contributed by atoms with E-state index in [4.69, 9.17) is 0 Å². The number of carbonyl (C=O) groups is 2. The van der Waals surface area contributed by atoms with E-state index in [9.17, 15) is 24.9 Å². The molecular weight excluding hydrogens is 248 g/mol. The third kappa shape index (κ3) is 5.59. The quantitative estimate of drug-likeness (QED) is 0.503. The predicted molar refractivity (Wildman–Crippen MR) is 72.0 cm³/mol. The van der Waals surface area contributed by atoms with Crippen molar-refractivity contribution in [2.75, 3.05) is 0 Å². The molecule has 5 heteroatoms. The lowest BCUT2D eigenvalue weighted by atomic mass is 9.80. The minimum atomic E-state index is -2.14. The van der Waals surface area contributed by atoms with Crippen LogP contribution in [0.4, 0.5) is 0 Å². The highest BCUT2D eigenvalue weighted by Crippen LogP contribution is 2.29. The standard InChI is InChI=1S/C14H26O5/c1-3-5-7-9-11(12(15)16)14(19,13(17)18)10-8-6-4-2/h11,19H,3-10H2,1-2H3,(H,15,16)(H,17,18). The summed E-state index contributed by atoms with van der Waals surface area (Å²) in [5.74, 6) is -3.88. The summed E-state index contributed by atoms with van der Waals surface area (Å²) in [7, 11) is 0. The molecule has 0 rings (SSSR count). The summed E-state index contributed by atoms with van der Waals surface area (Å²) in [5, 5.41) is 28.6. The molecule has 0 aliphatic rings. The van der Waals surface area contributed by atoms with E-state index in [-0.39, 0.29) is 12.8 Å². The highest BCUT2D eigenvalue weighted by molar-refractivity contribution is 5.85. The molecule has 112 valence electrons. The zero-order valence-electron chi connectivity index (χ0n) is 11.9. The lowest BCUT2D eigenvalue weighted by molar-refractivity contribution is -0.176. The molecule has 0 aromatic heterocycles. The van der Waals surface area contributed by atoms with Gasteiger partial charge >= 0.3 is 11.9 Å². The lowest BCUT2D eigenvalue weighted by Gasteiger charge is -2.29. The molecule has 3 N–H and O–H groups in total. The second-order valence-corrected chi connectivity index (χ2v) is 5.07. The van der Waals surface area contributed by atoms with Crippen molar-refractivity contribution in [3.05, 3.63) is 0 Å². The van der Waals surface area contributed by atoms with Crippen LogP contribution in [0.2, 0.25) is 0 Å². The molecule has 2 atom stereocenters. The van der Waals surface area contributed by atoms with Gasteiger partial charge in [-0.25, -0.2) is 4.79 Å². The molecule has 2 unspecified atom stereocenters. The van der Waals surface area contributed by atoms with Crippen molar-refractivity contribution < 1.29 is 24.9 Å². The molecule has 0 bridgehead atoms. The summed E-state index contributed by atoms with van der Waals surface area (Å²) in [6.45, 7) is 3.95. The first-order valence-electron chi connectivity index (χ1n) is 7.08. The highest BCUT2D eigenvalue weighted by atomic mass is 16.4. The average Bonchev–Trinajstić information content (AvgIpc) is 2.34. The fraction of sp³-hybridized carbons (Fsp3) is 0.857. The number of carboxylic acid groups (broad SMARTS) is 2. The third-order valence-electron chi connectivity index (χ3n) is 3.50. The van der Waals surface area contributed by atoms with Crippen LogP contribution >= 0.6 is 0 Å². The fourth-order valence-corrected chi connectivity index (χ4v) is 2.24. The molecule has 0 fully saturated rings. The van der Waals surface area contributed by atoms with Crippen LogP contribution in [-0.2, 0) is 9.59 Å². The molecule has 0 aliphatic carbocycles. The summed E-state index contributed by atoms with van der Waals surface area (Å²) >= 11 is 0. The molecule has 0 aromatic rings. The maximum atomic E-state index is 11.3. The van der Waals surface area contributed by atoms with E-state index < -0.39 is 23.5 Å². The Kier molecular flexibility index (Phi) is 8.39. The molecule has 0 aliphatic heterocycles. The Morgan fingerprint density at radius 3 is 1.95 bits per heavy atom. The number of aliphatic carboxylic acids is 2. The fourth-order valence-electron chi connectivity index (χ4n) is 2.24. The van der Waals surface area contributed by atoms with Gasteiger partial charge < -0.3 is 15.3 Å². The van der Waals surface area contributed by atoms with Gasteiger partial charge in [-0.2, -0.15) is 0 Å². The minimum absolute atomic E-state index is 0.000729. The van der Waals surface area contributed by atoms with E-state index in [1.165, 1.54) is 0 Å². The maximum Gasteiger partial charge on any atom is 0.336 e. The molecule has 0 saturated heterocycles. The minimum Gasteiger partial charge on any atom is -0.481 e. The second kappa shape index (κ2) is 8.91. The van der Waals surface area contributed by atoms with Crippen LogP contribution in [0, 0.1) is 5.92 Å². The predicted octanol–water partition coefficient (Wildman–Crippen LogP) is 2.66. The van der Waals surface area contributed by atoms with Gasteiger partial charge in [0, 0.05) is 0 Å². The van der Waals surface area contributed by atoms with Crippen molar-refractivity contribution in [3.8, 4) is 0 Å². The Morgan fingerprint density at radius 1 is 1.00 bits per heavy atom. The number of rotatable bonds is 11. The summed E-state index contributed by atoms with van der Waals surface area (Å²) < 4.78 is 0. The van der Waals surface area contributed by atoms with Gasteiger partial charge in [0.05, 0.1) is 5.92 Å².